The Labute approximate surface area is 188 Å². The summed E-state index contributed by atoms with van der Waals surface area (Å²) in [6.07, 6.45) is 20.7. The standard InChI is InChI=1S/C30H50/c1-22(2)11-9-16-27(5)19-20-29(7)23(21-27)12-13-25-28(6)17-10-15-26(3,4)24(28)14-18-30(25,29)8/h11-12,24-25H,9-10,13-21H2,1-8H3. The predicted molar refractivity (Wildman–Crippen MR) is 131 cm³/mol. The molecule has 0 nitrogen and oxygen atoms in total. The van der Waals surface area contributed by atoms with E-state index in [4.69, 9.17) is 0 Å². The van der Waals surface area contributed by atoms with E-state index in [1.165, 1.54) is 76.2 Å². The van der Waals surface area contributed by atoms with Crippen LogP contribution in [0, 0.1) is 38.9 Å². The molecule has 30 heavy (non-hydrogen) atoms. The first kappa shape index (κ1) is 22.7. The molecule has 0 bridgehead atoms. The van der Waals surface area contributed by atoms with Crippen molar-refractivity contribution < 1.29 is 0 Å². The highest BCUT2D eigenvalue weighted by molar-refractivity contribution is 5.30. The average molecular weight is 411 g/mol. The highest BCUT2D eigenvalue weighted by Crippen LogP contribution is 2.73. The van der Waals surface area contributed by atoms with Crippen LogP contribution < -0.4 is 0 Å². The minimum Gasteiger partial charge on any atom is -0.0859 e. The van der Waals surface area contributed by atoms with E-state index in [0.717, 1.165) is 11.8 Å². The Bertz CT molecular complexity index is 733. The zero-order chi connectivity index (χ0) is 22.0. The van der Waals surface area contributed by atoms with Crippen LogP contribution in [0.25, 0.3) is 0 Å². The molecule has 0 aromatic heterocycles. The van der Waals surface area contributed by atoms with Crippen molar-refractivity contribution >= 4 is 0 Å². The third kappa shape index (κ3) is 3.29. The zero-order valence-electron chi connectivity index (χ0n) is 21.6. The van der Waals surface area contributed by atoms with Gasteiger partial charge in [-0.05, 0) is 117 Å². The Balaban J connectivity index is 1.63. The minimum atomic E-state index is 0.432. The number of hydrogen-bond acceptors (Lipinski definition) is 0. The summed E-state index contributed by atoms with van der Waals surface area (Å²) in [4.78, 5) is 0. The van der Waals surface area contributed by atoms with Crippen molar-refractivity contribution in [3.63, 3.8) is 0 Å². The molecule has 4 rings (SSSR count). The maximum Gasteiger partial charge on any atom is -0.00593 e. The number of fused-ring (bicyclic) bond motifs is 5. The second-order valence-electron chi connectivity index (χ2n) is 14.0. The Morgan fingerprint density at radius 1 is 0.933 bits per heavy atom. The third-order valence-corrected chi connectivity index (χ3v) is 11.5. The molecule has 0 aromatic carbocycles. The van der Waals surface area contributed by atoms with E-state index in [2.05, 4.69) is 67.5 Å². The molecule has 0 heterocycles. The highest BCUT2D eigenvalue weighted by atomic mass is 14.7. The van der Waals surface area contributed by atoms with E-state index in [0.29, 0.717) is 27.1 Å². The second-order valence-corrected chi connectivity index (χ2v) is 14.0. The molecule has 4 aliphatic rings. The maximum absolute atomic E-state index is 2.78. The maximum atomic E-state index is 2.78. The van der Waals surface area contributed by atoms with Gasteiger partial charge in [-0.2, -0.15) is 0 Å². The van der Waals surface area contributed by atoms with Crippen LogP contribution in [0.1, 0.15) is 126 Å². The summed E-state index contributed by atoms with van der Waals surface area (Å²) in [5.41, 5.74) is 5.85. The SMILES string of the molecule is CC(C)=CCCC1(C)CCC2(C)C(=CCC3C4(C)CCCC(C)(C)C4CCC32C)C1. The molecule has 3 saturated carbocycles. The lowest BCUT2D eigenvalue weighted by atomic mass is 9.35. The van der Waals surface area contributed by atoms with Gasteiger partial charge in [0, 0.05) is 0 Å². The molecule has 3 fully saturated rings. The van der Waals surface area contributed by atoms with Gasteiger partial charge in [0.25, 0.3) is 0 Å². The van der Waals surface area contributed by atoms with Gasteiger partial charge < -0.3 is 0 Å². The summed E-state index contributed by atoms with van der Waals surface area (Å²) >= 11 is 0. The van der Waals surface area contributed by atoms with Crippen molar-refractivity contribution in [2.45, 2.75) is 126 Å². The Morgan fingerprint density at radius 3 is 2.37 bits per heavy atom. The molecule has 0 amide bonds. The molecular weight excluding hydrogens is 360 g/mol. The number of hydrogen-bond donors (Lipinski definition) is 0. The fraction of sp³-hybridized carbons (Fsp3) is 0.867. The van der Waals surface area contributed by atoms with Crippen molar-refractivity contribution in [1.29, 1.82) is 0 Å². The number of rotatable bonds is 3. The van der Waals surface area contributed by atoms with Crippen LogP contribution in [0.3, 0.4) is 0 Å². The Kier molecular flexibility index (Phi) is 5.47. The Hall–Kier alpha value is -0.520. The van der Waals surface area contributed by atoms with Gasteiger partial charge in [0.1, 0.15) is 0 Å². The summed E-state index contributed by atoms with van der Waals surface area (Å²) in [6.45, 7) is 20.4. The lowest BCUT2D eigenvalue weighted by Crippen LogP contribution is -2.61. The van der Waals surface area contributed by atoms with Gasteiger partial charge in [0.2, 0.25) is 0 Å². The first-order valence-corrected chi connectivity index (χ1v) is 13.2. The van der Waals surface area contributed by atoms with Crippen LogP contribution in [-0.4, -0.2) is 0 Å². The van der Waals surface area contributed by atoms with Gasteiger partial charge in [-0.15, -0.1) is 0 Å². The predicted octanol–water partition coefficient (Wildman–Crippen LogP) is 9.51. The summed E-state index contributed by atoms with van der Waals surface area (Å²) in [6, 6.07) is 0. The summed E-state index contributed by atoms with van der Waals surface area (Å²) in [7, 11) is 0. The number of allylic oxidation sites excluding steroid dienone is 4. The van der Waals surface area contributed by atoms with E-state index in [9.17, 15) is 0 Å². The molecule has 6 atom stereocenters. The topological polar surface area (TPSA) is 0 Å². The average Bonchev–Trinajstić information content (AvgIpc) is 2.62. The highest BCUT2D eigenvalue weighted by Gasteiger charge is 2.65. The molecule has 0 N–H and O–H groups in total. The summed E-state index contributed by atoms with van der Waals surface area (Å²) in [5, 5.41) is 0. The molecule has 0 saturated heterocycles. The molecular formula is C30H50. The smallest absolute Gasteiger partial charge is 0.00593 e. The van der Waals surface area contributed by atoms with Crippen LogP contribution in [0.15, 0.2) is 23.3 Å². The largest absolute Gasteiger partial charge is 0.0859 e. The monoisotopic (exact) mass is 410 g/mol. The summed E-state index contributed by atoms with van der Waals surface area (Å²) < 4.78 is 0. The fourth-order valence-corrected chi connectivity index (χ4v) is 9.43. The molecule has 0 spiro atoms. The first-order chi connectivity index (χ1) is 13.9. The fourth-order valence-electron chi connectivity index (χ4n) is 9.43. The van der Waals surface area contributed by atoms with Gasteiger partial charge in [0.05, 0.1) is 0 Å². The van der Waals surface area contributed by atoms with Crippen LogP contribution in [0.2, 0.25) is 0 Å². The minimum absolute atomic E-state index is 0.432. The van der Waals surface area contributed by atoms with Crippen molar-refractivity contribution in [1.82, 2.24) is 0 Å². The van der Waals surface area contributed by atoms with Crippen molar-refractivity contribution in [3.8, 4) is 0 Å². The van der Waals surface area contributed by atoms with Gasteiger partial charge in [-0.1, -0.05) is 71.3 Å². The molecule has 4 aliphatic carbocycles. The molecule has 0 aromatic rings. The van der Waals surface area contributed by atoms with Crippen molar-refractivity contribution in [3.05, 3.63) is 23.3 Å². The lowest BCUT2D eigenvalue weighted by Gasteiger charge is -2.69. The van der Waals surface area contributed by atoms with Gasteiger partial charge in [-0.25, -0.2) is 0 Å². The van der Waals surface area contributed by atoms with Gasteiger partial charge >= 0.3 is 0 Å². The van der Waals surface area contributed by atoms with Crippen molar-refractivity contribution in [2.24, 2.45) is 38.9 Å². The van der Waals surface area contributed by atoms with Gasteiger partial charge in [-0.3, -0.25) is 0 Å². The molecule has 0 radical (unpaired) electrons. The van der Waals surface area contributed by atoms with Crippen LogP contribution >= 0.6 is 0 Å². The van der Waals surface area contributed by atoms with E-state index in [1.807, 2.05) is 5.57 Å². The van der Waals surface area contributed by atoms with Crippen molar-refractivity contribution in [2.75, 3.05) is 0 Å². The summed E-state index contributed by atoms with van der Waals surface area (Å²) in [5.74, 6) is 1.81. The molecule has 170 valence electrons. The van der Waals surface area contributed by atoms with E-state index >= 15 is 0 Å². The second kappa shape index (κ2) is 7.25. The molecule has 0 heteroatoms. The van der Waals surface area contributed by atoms with Crippen LogP contribution in [0.4, 0.5) is 0 Å². The van der Waals surface area contributed by atoms with Crippen LogP contribution in [-0.2, 0) is 0 Å². The quantitative estimate of drug-likeness (QED) is 0.406. The zero-order valence-corrected chi connectivity index (χ0v) is 21.6. The van der Waals surface area contributed by atoms with E-state index in [-0.39, 0.29) is 0 Å². The lowest BCUT2D eigenvalue weighted by molar-refractivity contribution is -0.172. The normalized spacial score (nSPS) is 47.4. The molecule has 0 aliphatic heterocycles. The third-order valence-electron chi connectivity index (χ3n) is 11.5. The van der Waals surface area contributed by atoms with Gasteiger partial charge in [0.15, 0.2) is 0 Å². The van der Waals surface area contributed by atoms with E-state index in [1.54, 1.807) is 0 Å². The first-order valence-electron chi connectivity index (χ1n) is 13.2. The van der Waals surface area contributed by atoms with Crippen LogP contribution in [0.5, 0.6) is 0 Å². The molecule has 6 unspecified atom stereocenters. The van der Waals surface area contributed by atoms with E-state index < -0.39 is 0 Å². The Morgan fingerprint density at radius 2 is 1.67 bits per heavy atom.